The zero-order valence-corrected chi connectivity index (χ0v) is 30.8. The number of amides is 1. The van der Waals surface area contributed by atoms with Gasteiger partial charge in [0, 0.05) is 112 Å². The largest absolute Gasteiger partial charge is 0.478 e. The number of alkyl halides is 2. The molecule has 0 radical (unpaired) electrons. The summed E-state index contributed by atoms with van der Waals surface area (Å²) < 4.78 is 33.2. The number of carboxylic acids is 1. The van der Waals surface area contributed by atoms with Gasteiger partial charge in [-0.3, -0.25) is 14.2 Å². The number of carbonyl (C=O) groups is 2. The summed E-state index contributed by atoms with van der Waals surface area (Å²) in [4.78, 5) is 41.3. The van der Waals surface area contributed by atoms with Crippen LogP contribution < -0.4 is 9.80 Å². The van der Waals surface area contributed by atoms with Crippen LogP contribution in [0.5, 0.6) is 0 Å². The molecule has 54 heavy (non-hydrogen) atoms. The van der Waals surface area contributed by atoms with E-state index in [0.29, 0.717) is 42.8 Å². The Labute approximate surface area is 312 Å². The van der Waals surface area contributed by atoms with Crippen LogP contribution in [0.3, 0.4) is 0 Å². The fourth-order valence-electron chi connectivity index (χ4n) is 9.80. The van der Waals surface area contributed by atoms with Gasteiger partial charge in [-0.1, -0.05) is 0 Å². The van der Waals surface area contributed by atoms with Crippen LogP contribution in [0.2, 0.25) is 0 Å². The number of carboxylic acid groups (broad SMARTS) is 1. The molecule has 4 aliphatic heterocycles. The average molecular weight is 741 g/mol. The molecule has 4 aromatic rings. The van der Waals surface area contributed by atoms with Crippen LogP contribution in [0.1, 0.15) is 90.7 Å². The molecule has 1 aromatic carbocycles. The zero-order chi connectivity index (χ0) is 37.3. The van der Waals surface area contributed by atoms with Crippen LogP contribution in [-0.2, 0) is 31.2 Å². The average Bonchev–Trinajstić information content (AvgIpc) is 3.91. The lowest BCUT2D eigenvalue weighted by Gasteiger charge is -2.51. The molecule has 0 unspecified atom stereocenters. The van der Waals surface area contributed by atoms with Gasteiger partial charge in [0.05, 0.1) is 24.3 Å². The Morgan fingerprint density at radius 2 is 1.76 bits per heavy atom. The molecule has 0 atom stereocenters. The van der Waals surface area contributed by atoms with Crippen LogP contribution >= 0.6 is 0 Å². The van der Waals surface area contributed by atoms with E-state index in [-0.39, 0.29) is 28.5 Å². The maximum Gasteiger partial charge on any atom is 0.338 e. The number of hydrogen-bond acceptors (Lipinski definition) is 9. The third-order valence-corrected chi connectivity index (χ3v) is 12.7. The minimum absolute atomic E-state index is 0.00880. The van der Waals surface area contributed by atoms with Crippen molar-refractivity contribution in [1.29, 1.82) is 0 Å². The predicted molar refractivity (Wildman–Crippen MR) is 197 cm³/mol. The van der Waals surface area contributed by atoms with Crippen molar-refractivity contribution in [2.24, 2.45) is 12.5 Å². The van der Waals surface area contributed by atoms with E-state index in [2.05, 4.69) is 34.4 Å². The summed E-state index contributed by atoms with van der Waals surface area (Å²) in [6, 6.07) is 4.34. The maximum absolute atomic E-state index is 14.7. The Morgan fingerprint density at radius 1 is 0.981 bits per heavy atom. The fourth-order valence-corrected chi connectivity index (χ4v) is 9.80. The van der Waals surface area contributed by atoms with Crippen LogP contribution in [0, 0.1) is 5.41 Å². The van der Waals surface area contributed by atoms with Crippen LogP contribution in [0.4, 0.5) is 26.2 Å². The molecule has 7 heterocycles. The Kier molecular flexibility index (Phi) is 8.66. The first-order chi connectivity index (χ1) is 26.1. The van der Waals surface area contributed by atoms with E-state index in [1.54, 1.807) is 37.1 Å². The topological polar surface area (TPSA) is 129 Å². The van der Waals surface area contributed by atoms with Gasteiger partial charge in [0.1, 0.15) is 0 Å². The SMILES string of the molecule is CC(=O)N1CCc2c(c(N3CCCc4cc(-c5cnn(C)c5)c(C(F)F)cc43)nn2C2CCN(C3CC4(CCN(c5ncc(C(=O)O)cn5)C4)C3)CC2)C1. The first-order valence-electron chi connectivity index (χ1n) is 19.2. The molecule has 2 saturated heterocycles. The predicted octanol–water partition coefficient (Wildman–Crippen LogP) is 5.39. The van der Waals surface area contributed by atoms with Gasteiger partial charge in [-0.05, 0) is 73.6 Å². The molecule has 1 amide bonds. The van der Waals surface area contributed by atoms with Gasteiger partial charge in [0.15, 0.2) is 5.82 Å². The van der Waals surface area contributed by atoms with E-state index in [1.165, 1.54) is 18.1 Å². The number of anilines is 3. The number of aromatic nitrogens is 6. The van der Waals surface area contributed by atoms with Gasteiger partial charge in [0.2, 0.25) is 11.9 Å². The van der Waals surface area contributed by atoms with Gasteiger partial charge >= 0.3 is 5.97 Å². The summed E-state index contributed by atoms with van der Waals surface area (Å²) in [5.74, 6) is 0.403. The van der Waals surface area contributed by atoms with Crippen molar-refractivity contribution in [2.75, 3.05) is 49.1 Å². The molecule has 13 nitrogen and oxygen atoms in total. The number of carbonyl (C=O) groups excluding carboxylic acids is 1. The highest BCUT2D eigenvalue weighted by molar-refractivity contribution is 5.86. The van der Waals surface area contributed by atoms with Crippen LogP contribution in [-0.4, -0.2) is 102 Å². The second kappa shape index (κ2) is 13.4. The summed E-state index contributed by atoms with van der Waals surface area (Å²) in [7, 11) is 1.79. The molecule has 3 fully saturated rings. The first kappa shape index (κ1) is 34.8. The lowest BCUT2D eigenvalue weighted by molar-refractivity contribution is -0.129. The van der Waals surface area contributed by atoms with Gasteiger partial charge in [-0.25, -0.2) is 23.5 Å². The molecule has 1 saturated carbocycles. The van der Waals surface area contributed by atoms with E-state index in [9.17, 15) is 23.5 Å². The van der Waals surface area contributed by atoms with Crippen molar-refractivity contribution < 1.29 is 23.5 Å². The van der Waals surface area contributed by atoms with Gasteiger partial charge in [0.25, 0.3) is 6.43 Å². The number of likely N-dealkylation sites (tertiary alicyclic amines) is 1. The van der Waals surface area contributed by atoms with Crippen LogP contribution in [0.25, 0.3) is 11.1 Å². The number of aryl methyl sites for hydroxylation is 2. The fraction of sp³-hybridized carbons (Fsp3) is 0.538. The molecular weight excluding hydrogens is 694 g/mol. The van der Waals surface area contributed by atoms with Crippen molar-refractivity contribution >= 4 is 29.3 Å². The number of piperidine rings is 1. The maximum atomic E-state index is 14.7. The number of hydrogen-bond donors (Lipinski definition) is 1. The highest BCUT2D eigenvalue weighted by Gasteiger charge is 2.51. The third-order valence-electron chi connectivity index (χ3n) is 12.7. The monoisotopic (exact) mass is 740 g/mol. The second-order valence-electron chi connectivity index (χ2n) is 16.0. The third kappa shape index (κ3) is 6.09. The van der Waals surface area contributed by atoms with Gasteiger partial charge < -0.3 is 24.7 Å². The normalized spacial score (nSPS) is 23.2. The van der Waals surface area contributed by atoms with Crippen molar-refractivity contribution in [1.82, 2.24) is 39.3 Å². The lowest BCUT2D eigenvalue weighted by atomic mass is 9.64. The lowest BCUT2D eigenvalue weighted by Crippen LogP contribution is -2.54. The Morgan fingerprint density at radius 3 is 2.44 bits per heavy atom. The van der Waals surface area contributed by atoms with Crippen molar-refractivity contribution in [2.45, 2.75) is 83.3 Å². The minimum Gasteiger partial charge on any atom is -0.478 e. The number of rotatable bonds is 7. The van der Waals surface area contributed by atoms with E-state index in [4.69, 9.17) is 5.10 Å². The van der Waals surface area contributed by atoms with Gasteiger partial charge in [-0.2, -0.15) is 10.2 Å². The van der Waals surface area contributed by atoms with E-state index < -0.39 is 12.4 Å². The molecular formula is C39H46F2N10O3. The molecule has 5 aliphatic rings. The van der Waals surface area contributed by atoms with Crippen molar-refractivity contribution in [3.63, 3.8) is 0 Å². The molecule has 284 valence electrons. The number of aromatic carboxylic acids is 1. The standard InChI is InChI=1S/C39H46F2N10O3/c1-24(52)48-12-7-33-32(22-48)36(50-9-3-4-25-14-30(27-20-44-46(2)21-27)31(35(40)41)15-34(25)50)45-51(33)28-5-10-47(11-6-28)29-16-39(17-29)8-13-49(23-39)38-42-18-26(19-43-38)37(53)54/h14-15,18-21,28-29,35H,3-13,16-17,22-23H2,1-2H3,(H,53,54). The summed E-state index contributed by atoms with van der Waals surface area (Å²) in [5.41, 5.74) is 5.54. The number of nitrogens with zero attached hydrogens (tertiary/aromatic N) is 10. The summed E-state index contributed by atoms with van der Waals surface area (Å²) in [6.45, 7) is 7.14. The zero-order valence-electron chi connectivity index (χ0n) is 30.8. The molecule has 3 aromatic heterocycles. The summed E-state index contributed by atoms with van der Waals surface area (Å²) in [5, 5.41) is 18.8. The Bertz CT molecular complexity index is 2080. The summed E-state index contributed by atoms with van der Waals surface area (Å²) in [6.07, 6.45) is 11.2. The molecule has 15 heteroatoms. The van der Waals surface area contributed by atoms with E-state index in [0.717, 1.165) is 100 Å². The molecule has 1 spiro atoms. The second-order valence-corrected chi connectivity index (χ2v) is 16.0. The van der Waals surface area contributed by atoms with Crippen LogP contribution in [0.15, 0.2) is 36.9 Å². The molecule has 1 N–H and O–H groups in total. The quantitative estimate of drug-likeness (QED) is 0.263. The highest BCUT2D eigenvalue weighted by Crippen LogP contribution is 2.51. The number of halogens is 2. The van der Waals surface area contributed by atoms with Crippen molar-refractivity contribution in [3.8, 4) is 11.1 Å². The minimum atomic E-state index is -2.65. The smallest absolute Gasteiger partial charge is 0.338 e. The number of benzene rings is 1. The first-order valence-corrected chi connectivity index (χ1v) is 19.2. The van der Waals surface area contributed by atoms with E-state index >= 15 is 0 Å². The van der Waals surface area contributed by atoms with Gasteiger partial charge in [-0.15, -0.1) is 0 Å². The highest BCUT2D eigenvalue weighted by atomic mass is 19.3. The van der Waals surface area contributed by atoms with Crippen molar-refractivity contribution in [3.05, 3.63) is 64.9 Å². The molecule has 0 bridgehead atoms. The molecule has 9 rings (SSSR count). The molecule has 1 aliphatic carbocycles. The number of fused-ring (bicyclic) bond motifs is 2. The Hall–Kier alpha value is -4.92. The Balaban J connectivity index is 0.927. The summed E-state index contributed by atoms with van der Waals surface area (Å²) >= 11 is 0. The van der Waals surface area contributed by atoms with E-state index in [1.807, 2.05) is 11.0 Å².